The highest BCUT2D eigenvalue weighted by Crippen LogP contribution is 2.14. The van der Waals surface area contributed by atoms with E-state index in [0.29, 0.717) is 17.9 Å². The molecule has 2 rings (SSSR count). The Kier molecular flexibility index (Phi) is 6.11. The van der Waals surface area contributed by atoms with Crippen molar-refractivity contribution in [2.24, 2.45) is 0 Å². The van der Waals surface area contributed by atoms with Gasteiger partial charge in [0.2, 0.25) is 21.8 Å². The first-order valence-electron chi connectivity index (χ1n) is 7.94. The predicted octanol–water partition coefficient (Wildman–Crippen LogP) is 1.17. The van der Waals surface area contributed by atoms with Crippen molar-refractivity contribution in [1.29, 1.82) is 0 Å². The maximum absolute atomic E-state index is 12.4. The van der Waals surface area contributed by atoms with E-state index >= 15 is 0 Å². The summed E-state index contributed by atoms with van der Waals surface area (Å²) in [5, 5.41) is 9.19. The van der Waals surface area contributed by atoms with E-state index in [1.807, 2.05) is 6.92 Å². The number of carbonyl (C=O) groups is 2. The largest absolute Gasteiger partial charge is 0.326 e. The van der Waals surface area contributed by atoms with E-state index in [4.69, 9.17) is 0 Å². The molecule has 0 aliphatic heterocycles. The Balaban J connectivity index is 2.02. The molecule has 0 saturated heterocycles. The first-order valence-corrected chi connectivity index (χ1v) is 9.43. The summed E-state index contributed by atoms with van der Waals surface area (Å²) in [5.41, 5.74) is 0.970. The monoisotopic (exact) mass is 379 g/mol. The van der Waals surface area contributed by atoms with E-state index in [1.165, 1.54) is 44.3 Å². The third kappa shape index (κ3) is 5.14. The van der Waals surface area contributed by atoms with Gasteiger partial charge in [0.05, 0.1) is 22.8 Å². The molecule has 0 spiro atoms. The Bertz CT molecular complexity index is 890. The summed E-state index contributed by atoms with van der Waals surface area (Å²) in [6.07, 6.45) is 3.14. The third-order valence-electron chi connectivity index (χ3n) is 3.43. The maximum Gasteiger partial charge on any atom is 0.242 e. The second kappa shape index (κ2) is 8.11. The molecule has 0 aliphatic carbocycles. The summed E-state index contributed by atoms with van der Waals surface area (Å²) in [7, 11) is -3.89. The number of amides is 2. The van der Waals surface area contributed by atoms with Crippen LogP contribution in [0.2, 0.25) is 0 Å². The van der Waals surface area contributed by atoms with Crippen molar-refractivity contribution in [2.45, 2.75) is 38.3 Å². The van der Waals surface area contributed by atoms with E-state index in [0.717, 1.165) is 0 Å². The quantitative estimate of drug-likeness (QED) is 0.666. The van der Waals surface area contributed by atoms with Gasteiger partial charge in [-0.1, -0.05) is 0 Å². The third-order valence-corrected chi connectivity index (χ3v) is 4.99. The minimum absolute atomic E-state index is 0.00921. The highest BCUT2D eigenvalue weighted by atomic mass is 32.2. The van der Waals surface area contributed by atoms with Crippen molar-refractivity contribution in [3.8, 4) is 0 Å². The van der Waals surface area contributed by atoms with Gasteiger partial charge in [-0.2, -0.15) is 9.82 Å². The molecule has 1 aromatic heterocycles. The Morgan fingerprint density at radius 3 is 2.35 bits per heavy atom. The number of benzene rings is 1. The Hall–Kier alpha value is -2.72. The maximum atomic E-state index is 12.4. The topological polar surface area (TPSA) is 122 Å². The average molecular weight is 379 g/mol. The SMILES string of the molecule is CCn1cc(NC(=O)[C@H](C)NS(=O)(=O)c2ccc(NC(C)=O)cc2)cn1. The molecule has 2 aromatic rings. The molecular weight excluding hydrogens is 358 g/mol. The molecule has 0 saturated carbocycles. The van der Waals surface area contributed by atoms with Crippen LogP contribution in [0.4, 0.5) is 11.4 Å². The number of aryl methyl sites for hydroxylation is 1. The molecular formula is C16H21N5O4S. The van der Waals surface area contributed by atoms with E-state index in [9.17, 15) is 18.0 Å². The van der Waals surface area contributed by atoms with Gasteiger partial charge < -0.3 is 10.6 Å². The molecule has 9 nitrogen and oxygen atoms in total. The highest BCUT2D eigenvalue weighted by molar-refractivity contribution is 7.89. The molecule has 26 heavy (non-hydrogen) atoms. The van der Waals surface area contributed by atoms with Gasteiger partial charge in [-0.3, -0.25) is 14.3 Å². The normalized spacial score (nSPS) is 12.4. The summed E-state index contributed by atoms with van der Waals surface area (Å²) in [5.74, 6) is -0.755. The summed E-state index contributed by atoms with van der Waals surface area (Å²) in [6.45, 7) is 5.37. The van der Waals surface area contributed by atoms with E-state index in [2.05, 4.69) is 20.5 Å². The molecule has 0 aliphatic rings. The Morgan fingerprint density at radius 1 is 1.15 bits per heavy atom. The van der Waals surface area contributed by atoms with Crippen LogP contribution in [0.1, 0.15) is 20.8 Å². The highest BCUT2D eigenvalue weighted by Gasteiger charge is 2.22. The molecule has 2 amide bonds. The van der Waals surface area contributed by atoms with Gasteiger partial charge in [0.1, 0.15) is 0 Å². The molecule has 0 bridgehead atoms. The Morgan fingerprint density at radius 2 is 1.81 bits per heavy atom. The van der Waals surface area contributed by atoms with Crippen molar-refractivity contribution in [2.75, 3.05) is 10.6 Å². The predicted molar refractivity (Wildman–Crippen MR) is 97.1 cm³/mol. The molecule has 1 aromatic carbocycles. The van der Waals surface area contributed by atoms with Gasteiger partial charge in [-0.05, 0) is 38.1 Å². The average Bonchev–Trinajstić information content (AvgIpc) is 3.02. The standard InChI is InChI=1S/C16H21N5O4S/c1-4-21-10-14(9-17-21)19-16(23)11(2)20-26(24,25)15-7-5-13(6-8-15)18-12(3)22/h5-11,20H,4H2,1-3H3,(H,18,22)(H,19,23)/t11-/m0/s1. The molecule has 0 fully saturated rings. The van der Waals surface area contributed by atoms with Crippen LogP contribution >= 0.6 is 0 Å². The van der Waals surface area contributed by atoms with Gasteiger partial charge in [0.25, 0.3) is 0 Å². The lowest BCUT2D eigenvalue weighted by molar-refractivity contribution is -0.117. The zero-order valence-corrected chi connectivity index (χ0v) is 15.5. The number of sulfonamides is 1. The zero-order valence-electron chi connectivity index (χ0n) is 14.7. The van der Waals surface area contributed by atoms with Crippen LogP contribution < -0.4 is 15.4 Å². The van der Waals surface area contributed by atoms with E-state index in [1.54, 1.807) is 10.9 Å². The van der Waals surface area contributed by atoms with E-state index < -0.39 is 22.0 Å². The second-order valence-corrected chi connectivity index (χ2v) is 7.34. The zero-order chi connectivity index (χ0) is 19.3. The first-order chi connectivity index (χ1) is 12.2. The molecule has 10 heteroatoms. The number of nitrogens with zero attached hydrogens (tertiary/aromatic N) is 2. The molecule has 140 valence electrons. The minimum atomic E-state index is -3.89. The van der Waals surface area contributed by atoms with Crippen molar-refractivity contribution in [3.63, 3.8) is 0 Å². The summed E-state index contributed by atoms with van der Waals surface area (Å²) in [6, 6.07) is 4.66. The lowest BCUT2D eigenvalue weighted by Gasteiger charge is -2.14. The minimum Gasteiger partial charge on any atom is -0.326 e. The van der Waals surface area contributed by atoms with Crippen LogP contribution in [0, 0.1) is 0 Å². The molecule has 1 atom stereocenters. The summed E-state index contributed by atoms with van der Waals surface area (Å²) >= 11 is 0. The van der Waals surface area contributed by atoms with Crippen LogP contribution in [0.5, 0.6) is 0 Å². The van der Waals surface area contributed by atoms with Crippen LogP contribution in [0.25, 0.3) is 0 Å². The lowest BCUT2D eigenvalue weighted by Crippen LogP contribution is -2.41. The number of carbonyl (C=O) groups excluding carboxylic acids is 2. The fraction of sp³-hybridized carbons (Fsp3) is 0.312. The molecule has 1 heterocycles. The molecule has 0 radical (unpaired) electrons. The number of nitrogens with one attached hydrogen (secondary N) is 3. The van der Waals surface area contributed by atoms with Crippen LogP contribution in [0.3, 0.4) is 0 Å². The number of hydrogen-bond acceptors (Lipinski definition) is 5. The van der Waals surface area contributed by atoms with Crippen LogP contribution in [0.15, 0.2) is 41.6 Å². The fourth-order valence-electron chi connectivity index (χ4n) is 2.13. The van der Waals surface area contributed by atoms with Gasteiger partial charge >= 0.3 is 0 Å². The second-order valence-electron chi connectivity index (χ2n) is 5.62. The first kappa shape index (κ1) is 19.6. The number of rotatable bonds is 7. The van der Waals surface area contributed by atoms with Crippen molar-refractivity contribution in [1.82, 2.24) is 14.5 Å². The number of aromatic nitrogens is 2. The van der Waals surface area contributed by atoms with Crippen molar-refractivity contribution < 1.29 is 18.0 Å². The van der Waals surface area contributed by atoms with E-state index in [-0.39, 0.29) is 10.8 Å². The van der Waals surface area contributed by atoms with Crippen LogP contribution in [-0.4, -0.2) is 36.1 Å². The van der Waals surface area contributed by atoms with Gasteiger partial charge in [0, 0.05) is 25.4 Å². The summed E-state index contributed by atoms with van der Waals surface area (Å²) < 4.78 is 28.7. The lowest BCUT2D eigenvalue weighted by atomic mass is 10.3. The Labute approximate surface area is 151 Å². The number of hydrogen-bond donors (Lipinski definition) is 3. The van der Waals surface area contributed by atoms with Crippen molar-refractivity contribution >= 4 is 33.2 Å². The van der Waals surface area contributed by atoms with Crippen LogP contribution in [-0.2, 0) is 26.2 Å². The fourth-order valence-corrected chi connectivity index (χ4v) is 3.33. The van der Waals surface area contributed by atoms with Gasteiger partial charge in [-0.15, -0.1) is 0 Å². The van der Waals surface area contributed by atoms with Crippen molar-refractivity contribution in [3.05, 3.63) is 36.7 Å². The summed E-state index contributed by atoms with van der Waals surface area (Å²) in [4.78, 5) is 23.2. The molecule has 0 unspecified atom stereocenters. The smallest absolute Gasteiger partial charge is 0.242 e. The van der Waals surface area contributed by atoms with Gasteiger partial charge in [-0.25, -0.2) is 8.42 Å². The number of anilines is 2. The van der Waals surface area contributed by atoms with Gasteiger partial charge in [0.15, 0.2) is 0 Å². The molecule has 3 N–H and O–H groups in total.